The number of rotatable bonds is 5. The van der Waals surface area contributed by atoms with E-state index < -0.39 is 0 Å². The lowest BCUT2D eigenvalue weighted by molar-refractivity contribution is 0.524. The smallest absolute Gasteiger partial charge is 0.146 e. The average molecular weight is 265 g/mol. The van der Waals surface area contributed by atoms with Crippen LogP contribution < -0.4 is 4.90 Å². The van der Waals surface area contributed by atoms with Gasteiger partial charge in [0.25, 0.3) is 0 Å². The molecule has 0 aliphatic carbocycles. The van der Waals surface area contributed by atoms with Crippen molar-refractivity contribution in [1.29, 1.82) is 0 Å². The van der Waals surface area contributed by atoms with Gasteiger partial charge in [-0.1, -0.05) is 53.2 Å². The van der Waals surface area contributed by atoms with Crippen LogP contribution >= 0.6 is 0 Å². The number of hydrogen-bond donors (Lipinski definition) is 0. The van der Waals surface area contributed by atoms with E-state index in [2.05, 4.69) is 39.5 Å². The molecule has 1 unspecified atom stereocenters. The molecule has 19 heavy (non-hydrogen) atoms. The first-order valence-electron chi connectivity index (χ1n) is 7.34. The predicted molar refractivity (Wildman–Crippen MR) is 82.5 cm³/mol. The SMILES string of the molecule is CCCC(CC)N(C)c1c(F)cccc1C(C)(C)C. The molecular weight excluding hydrogens is 237 g/mol. The van der Waals surface area contributed by atoms with Gasteiger partial charge >= 0.3 is 0 Å². The maximum Gasteiger partial charge on any atom is 0.146 e. The van der Waals surface area contributed by atoms with E-state index in [1.54, 1.807) is 6.07 Å². The summed E-state index contributed by atoms with van der Waals surface area (Å²) in [6, 6.07) is 5.84. The van der Waals surface area contributed by atoms with E-state index in [0.29, 0.717) is 6.04 Å². The Labute approximate surface area is 117 Å². The Balaban J connectivity index is 3.24. The maximum absolute atomic E-state index is 14.3. The number of hydrogen-bond acceptors (Lipinski definition) is 1. The molecule has 1 nitrogen and oxygen atoms in total. The second-order valence-electron chi connectivity index (χ2n) is 6.35. The summed E-state index contributed by atoms with van der Waals surface area (Å²) in [6.45, 7) is 10.8. The molecule has 0 heterocycles. The van der Waals surface area contributed by atoms with Gasteiger partial charge in [0.05, 0.1) is 5.69 Å². The second-order valence-corrected chi connectivity index (χ2v) is 6.35. The van der Waals surface area contributed by atoms with Crippen molar-refractivity contribution < 1.29 is 4.39 Å². The van der Waals surface area contributed by atoms with Gasteiger partial charge < -0.3 is 4.90 Å². The molecule has 0 spiro atoms. The van der Waals surface area contributed by atoms with E-state index in [9.17, 15) is 4.39 Å². The van der Waals surface area contributed by atoms with Crippen molar-refractivity contribution in [3.63, 3.8) is 0 Å². The molecule has 2 heteroatoms. The molecule has 0 saturated carbocycles. The third kappa shape index (κ3) is 3.71. The van der Waals surface area contributed by atoms with E-state index in [-0.39, 0.29) is 11.2 Å². The quantitative estimate of drug-likeness (QED) is 0.712. The van der Waals surface area contributed by atoms with Crippen molar-refractivity contribution in [3.8, 4) is 0 Å². The van der Waals surface area contributed by atoms with Crippen molar-refractivity contribution in [2.24, 2.45) is 0 Å². The Bertz CT molecular complexity index is 406. The standard InChI is InChI=1S/C17H28FN/c1-7-10-13(8-2)19(6)16-14(17(3,4)5)11-9-12-15(16)18/h9,11-13H,7-8,10H2,1-6H3. The molecule has 108 valence electrons. The lowest BCUT2D eigenvalue weighted by atomic mass is 9.85. The lowest BCUT2D eigenvalue weighted by Crippen LogP contribution is -2.33. The van der Waals surface area contributed by atoms with Gasteiger partial charge in [0.15, 0.2) is 0 Å². The first-order chi connectivity index (χ1) is 8.82. The monoisotopic (exact) mass is 265 g/mol. The normalized spacial score (nSPS) is 13.4. The summed E-state index contributed by atoms with van der Waals surface area (Å²) in [4.78, 5) is 2.14. The van der Waals surface area contributed by atoms with Gasteiger partial charge in [-0.2, -0.15) is 0 Å². The zero-order valence-electron chi connectivity index (χ0n) is 13.3. The van der Waals surface area contributed by atoms with Crippen LogP contribution in [-0.2, 0) is 5.41 Å². The van der Waals surface area contributed by atoms with Gasteiger partial charge in [0, 0.05) is 13.1 Å². The molecule has 1 rings (SSSR count). The first-order valence-corrected chi connectivity index (χ1v) is 7.34. The van der Waals surface area contributed by atoms with Crippen LogP contribution in [0.15, 0.2) is 18.2 Å². The zero-order valence-corrected chi connectivity index (χ0v) is 13.3. The molecule has 0 radical (unpaired) electrons. The van der Waals surface area contributed by atoms with Gasteiger partial charge in [-0.3, -0.25) is 0 Å². The predicted octanol–water partition coefficient (Wildman–Crippen LogP) is 5.14. The van der Waals surface area contributed by atoms with E-state index >= 15 is 0 Å². The number of anilines is 1. The van der Waals surface area contributed by atoms with E-state index in [4.69, 9.17) is 0 Å². The van der Waals surface area contributed by atoms with Gasteiger partial charge in [0.2, 0.25) is 0 Å². The summed E-state index contributed by atoms with van der Waals surface area (Å²) in [5.41, 5.74) is 1.82. The summed E-state index contributed by atoms with van der Waals surface area (Å²) in [7, 11) is 2.03. The highest BCUT2D eigenvalue weighted by molar-refractivity contribution is 5.57. The van der Waals surface area contributed by atoms with Gasteiger partial charge in [0.1, 0.15) is 5.82 Å². The summed E-state index contributed by atoms with van der Waals surface area (Å²) >= 11 is 0. The average Bonchev–Trinajstić information content (AvgIpc) is 2.33. The van der Waals surface area contributed by atoms with Crippen LogP contribution in [0, 0.1) is 5.82 Å². The summed E-state index contributed by atoms with van der Waals surface area (Å²) < 4.78 is 14.3. The van der Waals surface area contributed by atoms with Crippen LogP contribution in [0.4, 0.5) is 10.1 Å². The number of nitrogens with zero attached hydrogens (tertiary/aromatic N) is 1. The molecule has 0 aliphatic rings. The van der Waals surface area contributed by atoms with Gasteiger partial charge in [-0.25, -0.2) is 4.39 Å². The first kappa shape index (κ1) is 16.0. The van der Waals surface area contributed by atoms with E-state index in [1.807, 2.05) is 19.2 Å². The van der Waals surface area contributed by atoms with Crippen LogP contribution in [0.25, 0.3) is 0 Å². The minimum absolute atomic E-state index is 0.0454. The molecule has 0 bridgehead atoms. The van der Waals surface area contributed by atoms with E-state index in [1.165, 1.54) is 0 Å². The molecule has 1 aromatic carbocycles. The summed E-state index contributed by atoms with van der Waals surface area (Å²) in [5, 5.41) is 0. The molecular formula is C17H28FN. The Morgan fingerprint density at radius 1 is 1.21 bits per heavy atom. The third-order valence-electron chi connectivity index (χ3n) is 3.79. The van der Waals surface area contributed by atoms with Crippen molar-refractivity contribution >= 4 is 5.69 Å². The highest BCUT2D eigenvalue weighted by Gasteiger charge is 2.25. The third-order valence-corrected chi connectivity index (χ3v) is 3.79. The van der Waals surface area contributed by atoms with Gasteiger partial charge in [-0.15, -0.1) is 0 Å². The molecule has 0 N–H and O–H groups in total. The number of para-hydroxylation sites is 1. The van der Waals surface area contributed by atoms with Crippen LogP contribution in [0.1, 0.15) is 59.4 Å². The molecule has 1 atom stereocenters. The number of halogens is 1. The highest BCUT2D eigenvalue weighted by Crippen LogP contribution is 2.35. The molecule has 0 fully saturated rings. The maximum atomic E-state index is 14.3. The lowest BCUT2D eigenvalue weighted by Gasteiger charge is -2.34. The molecule has 1 aromatic rings. The van der Waals surface area contributed by atoms with Crippen LogP contribution in [0.5, 0.6) is 0 Å². The fourth-order valence-corrected chi connectivity index (χ4v) is 2.67. The van der Waals surface area contributed by atoms with Crippen molar-refractivity contribution in [3.05, 3.63) is 29.6 Å². The highest BCUT2D eigenvalue weighted by atomic mass is 19.1. The Hall–Kier alpha value is -1.05. The molecule has 0 aliphatic heterocycles. The largest absolute Gasteiger partial charge is 0.369 e. The summed E-state index contributed by atoms with van der Waals surface area (Å²) in [6.07, 6.45) is 3.27. The summed E-state index contributed by atoms with van der Waals surface area (Å²) in [5.74, 6) is -0.107. The molecule has 0 aromatic heterocycles. The van der Waals surface area contributed by atoms with Crippen LogP contribution in [-0.4, -0.2) is 13.1 Å². The minimum Gasteiger partial charge on any atom is -0.369 e. The second kappa shape index (κ2) is 6.40. The fraction of sp³-hybridized carbons (Fsp3) is 0.647. The van der Waals surface area contributed by atoms with Gasteiger partial charge in [-0.05, 0) is 29.9 Å². The molecule has 0 saturated heterocycles. The minimum atomic E-state index is -0.107. The van der Waals surface area contributed by atoms with Crippen molar-refractivity contribution in [1.82, 2.24) is 0 Å². The van der Waals surface area contributed by atoms with Crippen molar-refractivity contribution in [2.75, 3.05) is 11.9 Å². The Morgan fingerprint density at radius 2 is 1.84 bits per heavy atom. The number of benzene rings is 1. The molecule has 0 amide bonds. The zero-order chi connectivity index (χ0) is 14.6. The van der Waals surface area contributed by atoms with Crippen LogP contribution in [0.3, 0.4) is 0 Å². The van der Waals surface area contributed by atoms with Crippen LogP contribution in [0.2, 0.25) is 0 Å². The topological polar surface area (TPSA) is 3.24 Å². The Morgan fingerprint density at radius 3 is 2.32 bits per heavy atom. The Kier molecular flexibility index (Phi) is 5.39. The van der Waals surface area contributed by atoms with E-state index in [0.717, 1.165) is 30.5 Å². The van der Waals surface area contributed by atoms with Crippen molar-refractivity contribution in [2.45, 2.75) is 65.3 Å². The fourth-order valence-electron chi connectivity index (χ4n) is 2.67.